The standard InChI is InChI=1S/C23H30N2O/c1-2-3-4-5-6-10-17-25-23(26)18-22(19-11-8-7-9-12-19)20-13-15-21(24)16-14-20/h7-9,11-16,18H,2-6,10,17,24H2,1H3,(H,25,26). The zero-order valence-electron chi connectivity index (χ0n) is 15.7. The minimum Gasteiger partial charge on any atom is -0.399 e. The van der Waals surface area contributed by atoms with Crippen molar-refractivity contribution in [1.29, 1.82) is 0 Å². The molecular formula is C23H30N2O. The Morgan fingerprint density at radius 1 is 0.885 bits per heavy atom. The van der Waals surface area contributed by atoms with Crippen molar-refractivity contribution in [2.24, 2.45) is 0 Å². The molecule has 0 saturated heterocycles. The molecule has 0 heterocycles. The van der Waals surface area contributed by atoms with Crippen LogP contribution in [0.1, 0.15) is 56.6 Å². The van der Waals surface area contributed by atoms with Crippen molar-refractivity contribution in [3.8, 4) is 0 Å². The maximum Gasteiger partial charge on any atom is 0.244 e. The van der Waals surface area contributed by atoms with Crippen LogP contribution >= 0.6 is 0 Å². The fraction of sp³-hybridized carbons (Fsp3) is 0.348. The molecule has 26 heavy (non-hydrogen) atoms. The van der Waals surface area contributed by atoms with Crippen LogP contribution in [0, 0.1) is 0 Å². The summed E-state index contributed by atoms with van der Waals surface area (Å²) in [5, 5.41) is 3.01. The minimum atomic E-state index is -0.0470. The molecule has 0 aromatic heterocycles. The molecule has 0 bridgehead atoms. The second-order valence-electron chi connectivity index (χ2n) is 6.60. The van der Waals surface area contributed by atoms with Gasteiger partial charge in [-0.3, -0.25) is 4.79 Å². The lowest BCUT2D eigenvalue weighted by Gasteiger charge is -2.10. The molecule has 3 N–H and O–H groups in total. The zero-order chi connectivity index (χ0) is 18.6. The Balaban J connectivity index is 1.99. The first-order valence-corrected chi connectivity index (χ1v) is 9.61. The third kappa shape index (κ3) is 6.75. The highest BCUT2D eigenvalue weighted by atomic mass is 16.1. The molecule has 0 aliphatic carbocycles. The van der Waals surface area contributed by atoms with Gasteiger partial charge in [0.05, 0.1) is 0 Å². The predicted molar refractivity (Wildman–Crippen MR) is 111 cm³/mol. The summed E-state index contributed by atoms with van der Waals surface area (Å²) in [5.74, 6) is -0.0470. The average molecular weight is 351 g/mol. The van der Waals surface area contributed by atoms with Crippen molar-refractivity contribution < 1.29 is 4.79 Å². The van der Waals surface area contributed by atoms with Crippen LogP contribution in [0.15, 0.2) is 60.7 Å². The van der Waals surface area contributed by atoms with Crippen molar-refractivity contribution >= 4 is 17.2 Å². The summed E-state index contributed by atoms with van der Waals surface area (Å²) in [7, 11) is 0. The zero-order valence-corrected chi connectivity index (χ0v) is 15.7. The van der Waals surface area contributed by atoms with Gasteiger partial charge >= 0.3 is 0 Å². The molecule has 2 aromatic rings. The fourth-order valence-corrected chi connectivity index (χ4v) is 2.91. The number of rotatable bonds is 10. The average Bonchev–Trinajstić information content (AvgIpc) is 2.67. The van der Waals surface area contributed by atoms with Gasteiger partial charge in [-0.05, 0) is 35.3 Å². The van der Waals surface area contributed by atoms with Gasteiger partial charge in [0, 0.05) is 18.3 Å². The van der Waals surface area contributed by atoms with Crippen molar-refractivity contribution in [3.63, 3.8) is 0 Å². The number of anilines is 1. The van der Waals surface area contributed by atoms with E-state index in [4.69, 9.17) is 5.73 Å². The van der Waals surface area contributed by atoms with Crippen LogP contribution in [0.4, 0.5) is 5.69 Å². The smallest absolute Gasteiger partial charge is 0.244 e. The number of amides is 1. The Kier molecular flexibility index (Phi) is 8.47. The topological polar surface area (TPSA) is 55.1 Å². The molecule has 0 atom stereocenters. The monoisotopic (exact) mass is 350 g/mol. The van der Waals surface area contributed by atoms with Gasteiger partial charge in [-0.2, -0.15) is 0 Å². The summed E-state index contributed by atoms with van der Waals surface area (Å²) in [6, 6.07) is 17.6. The highest BCUT2D eigenvalue weighted by molar-refractivity contribution is 5.99. The molecule has 0 unspecified atom stereocenters. The molecule has 0 fully saturated rings. The third-order valence-corrected chi connectivity index (χ3v) is 4.41. The first-order valence-electron chi connectivity index (χ1n) is 9.61. The molecule has 1 amide bonds. The summed E-state index contributed by atoms with van der Waals surface area (Å²) in [4.78, 5) is 12.4. The Hall–Kier alpha value is -2.55. The number of nitrogens with two attached hydrogens (primary N) is 1. The number of unbranched alkanes of at least 4 members (excludes halogenated alkanes) is 5. The van der Waals surface area contributed by atoms with E-state index in [0.29, 0.717) is 5.69 Å². The van der Waals surface area contributed by atoms with E-state index in [2.05, 4.69) is 12.2 Å². The first-order chi connectivity index (χ1) is 12.7. The molecule has 2 rings (SSSR count). The van der Waals surface area contributed by atoms with Crippen LogP contribution in [-0.2, 0) is 4.79 Å². The van der Waals surface area contributed by atoms with Crippen LogP contribution < -0.4 is 11.1 Å². The predicted octanol–water partition coefficient (Wildman–Crippen LogP) is 5.18. The number of hydrogen-bond donors (Lipinski definition) is 2. The van der Waals surface area contributed by atoms with E-state index in [9.17, 15) is 4.79 Å². The second kappa shape index (κ2) is 11.1. The molecule has 0 radical (unpaired) electrons. The van der Waals surface area contributed by atoms with Gasteiger partial charge < -0.3 is 11.1 Å². The second-order valence-corrected chi connectivity index (χ2v) is 6.60. The summed E-state index contributed by atoms with van der Waals surface area (Å²) < 4.78 is 0. The maximum absolute atomic E-state index is 12.4. The Bertz CT molecular complexity index is 690. The Labute approximate surface area is 157 Å². The molecule has 0 aliphatic heterocycles. The van der Waals surface area contributed by atoms with Gasteiger partial charge in [0.15, 0.2) is 0 Å². The number of nitrogens with one attached hydrogen (secondary N) is 1. The molecule has 2 aromatic carbocycles. The van der Waals surface area contributed by atoms with Gasteiger partial charge in [-0.25, -0.2) is 0 Å². The van der Waals surface area contributed by atoms with Crippen LogP contribution in [-0.4, -0.2) is 12.5 Å². The van der Waals surface area contributed by atoms with Gasteiger partial charge in [0.2, 0.25) is 5.91 Å². The van der Waals surface area contributed by atoms with E-state index in [-0.39, 0.29) is 5.91 Å². The van der Waals surface area contributed by atoms with E-state index < -0.39 is 0 Å². The van der Waals surface area contributed by atoms with E-state index in [1.54, 1.807) is 6.08 Å². The summed E-state index contributed by atoms with van der Waals surface area (Å²) >= 11 is 0. The largest absolute Gasteiger partial charge is 0.399 e. The summed E-state index contributed by atoms with van der Waals surface area (Å²) in [6.07, 6.45) is 9.00. The van der Waals surface area contributed by atoms with Crippen molar-refractivity contribution in [2.45, 2.75) is 45.4 Å². The van der Waals surface area contributed by atoms with E-state index in [1.165, 1.54) is 32.1 Å². The Morgan fingerprint density at radius 3 is 2.19 bits per heavy atom. The number of hydrogen-bond acceptors (Lipinski definition) is 2. The molecule has 3 heteroatoms. The molecule has 0 aliphatic rings. The van der Waals surface area contributed by atoms with E-state index in [0.717, 1.165) is 29.7 Å². The fourth-order valence-electron chi connectivity index (χ4n) is 2.91. The number of carbonyl (C=O) groups is 1. The van der Waals surface area contributed by atoms with E-state index in [1.807, 2.05) is 54.6 Å². The molecule has 0 spiro atoms. The maximum atomic E-state index is 12.4. The highest BCUT2D eigenvalue weighted by Gasteiger charge is 2.07. The highest BCUT2D eigenvalue weighted by Crippen LogP contribution is 2.24. The quantitative estimate of drug-likeness (QED) is 0.352. The lowest BCUT2D eigenvalue weighted by molar-refractivity contribution is -0.116. The lowest BCUT2D eigenvalue weighted by atomic mass is 9.97. The number of carbonyl (C=O) groups excluding carboxylic acids is 1. The van der Waals surface area contributed by atoms with Crippen LogP contribution in [0.3, 0.4) is 0 Å². The summed E-state index contributed by atoms with van der Waals surface area (Å²) in [6.45, 7) is 2.95. The van der Waals surface area contributed by atoms with Crippen LogP contribution in [0.2, 0.25) is 0 Å². The van der Waals surface area contributed by atoms with Crippen molar-refractivity contribution in [1.82, 2.24) is 5.32 Å². The Morgan fingerprint density at radius 2 is 1.50 bits per heavy atom. The van der Waals surface area contributed by atoms with Crippen LogP contribution in [0.5, 0.6) is 0 Å². The number of nitrogen functional groups attached to an aromatic ring is 1. The molecule has 0 saturated carbocycles. The molecule has 138 valence electrons. The van der Waals surface area contributed by atoms with Gasteiger partial charge in [-0.15, -0.1) is 0 Å². The normalized spacial score (nSPS) is 11.3. The lowest BCUT2D eigenvalue weighted by Crippen LogP contribution is -2.22. The van der Waals surface area contributed by atoms with Gasteiger partial charge in [-0.1, -0.05) is 81.5 Å². The SMILES string of the molecule is CCCCCCCCNC(=O)C=C(c1ccccc1)c1ccc(N)cc1. The minimum absolute atomic E-state index is 0.0470. The van der Waals surface area contributed by atoms with Gasteiger partial charge in [0.25, 0.3) is 0 Å². The van der Waals surface area contributed by atoms with Crippen molar-refractivity contribution in [3.05, 3.63) is 71.8 Å². The molecule has 3 nitrogen and oxygen atoms in total. The summed E-state index contributed by atoms with van der Waals surface area (Å²) in [5.41, 5.74) is 9.42. The van der Waals surface area contributed by atoms with Crippen LogP contribution in [0.25, 0.3) is 5.57 Å². The van der Waals surface area contributed by atoms with Crippen molar-refractivity contribution in [2.75, 3.05) is 12.3 Å². The number of benzene rings is 2. The van der Waals surface area contributed by atoms with E-state index >= 15 is 0 Å². The van der Waals surface area contributed by atoms with Gasteiger partial charge in [0.1, 0.15) is 0 Å². The third-order valence-electron chi connectivity index (χ3n) is 4.41. The first kappa shape index (κ1) is 19.8. The molecular weight excluding hydrogens is 320 g/mol.